The number of fused-ring (bicyclic) bond motifs is 8. The third-order valence-corrected chi connectivity index (χ3v) is 9.61. The quantitative estimate of drug-likeness (QED) is 0.191. The summed E-state index contributed by atoms with van der Waals surface area (Å²) in [4.78, 5) is 0. The van der Waals surface area contributed by atoms with Gasteiger partial charge in [0.05, 0.1) is 22.1 Å². The molecule has 220 valence electrons. The molecule has 0 saturated heterocycles. The second-order valence-electron chi connectivity index (χ2n) is 12.2. The van der Waals surface area contributed by atoms with Crippen LogP contribution in [0.4, 0.5) is 0 Å². The first-order valence-corrected chi connectivity index (χ1v) is 16.1. The highest BCUT2D eigenvalue weighted by atomic mass is 15.1. The largest absolute Gasteiger partial charge is 0.309 e. The predicted octanol–water partition coefficient (Wildman–Crippen LogP) is 11.5. The standard InChI is InChI=1S/C44H29N3/c1-3-15-32(16-4-1)45-39-23-10-7-20-35(39)38-29-31(26-27-42(38)45)30-14-13-19-34(28-30)47-41-25-12-9-22-37(41)43-36-21-8-11-24-40(36)46(44(43)47)33-17-5-2-6-18-33/h1-29H. The lowest BCUT2D eigenvalue weighted by molar-refractivity contribution is 1.07. The summed E-state index contributed by atoms with van der Waals surface area (Å²) in [5.41, 5.74) is 11.9. The van der Waals surface area contributed by atoms with Crippen LogP contribution >= 0.6 is 0 Å². The lowest BCUT2D eigenvalue weighted by Gasteiger charge is -2.14. The topological polar surface area (TPSA) is 14.8 Å². The van der Waals surface area contributed by atoms with Crippen molar-refractivity contribution in [3.8, 4) is 28.2 Å². The van der Waals surface area contributed by atoms with Crippen LogP contribution in [0, 0.1) is 0 Å². The van der Waals surface area contributed by atoms with Gasteiger partial charge in [0.15, 0.2) is 0 Å². The molecule has 3 heteroatoms. The zero-order valence-corrected chi connectivity index (χ0v) is 25.6. The average molecular weight is 600 g/mol. The van der Waals surface area contributed by atoms with Gasteiger partial charge in [-0.1, -0.05) is 109 Å². The number of rotatable bonds is 4. The van der Waals surface area contributed by atoms with E-state index in [1.165, 1.54) is 71.5 Å². The van der Waals surface area contributed by atoms with Crippen molar-refractivity contribution in [2.75, 3.05) is 0 Å². The highest BCUT2D eigenvalue weighted by molar-refractivity contribution is 6.22. The van der Waals surface area contributed by atoms with Gasteiger partial charge in [-0.3, -0.25) is 9.13 Å². The van der Waals surface area contributed by atoms with Crippen molar-refractivity contribution in [3.05, 3.63) is 176 Å². The van der Waals surface area contributed by atoms with Gasteiger partial charge in [-0.05, 0) is 77.9 Å². The number of nitrogens with zero attached hydrogens (tertiary/aromatic N) is 3. The van der Waals surface area contributed by atoms with Gasteiger partial charge in [0, 0.05) is 44.0 Å². The smallest absolute Gasteiger partial charge is 0.131 e. The molecule has 0 atom stereocenters. The molecule has 0 aliphatic carbocycles. The van der Waals surface area contributed by atoms with Gasteiger partial charge in [0.25, 0.3) is 0 Å². The molecule has 0 fully saturated rings. The van der Waals surface area contributed by atoms with Gasteiger partial charge < -0.3 is 4.57 Å². The molecule has 0 N–H and O–H groups in total. The van der Waals surface area contributed by atoms with E-state index in [1.807, 2.05) is 0 Å². The van der Waals surface area contributed by atoms with Gasteiger partial charge in [0.2, 0.25) is 0 Å². The SMILES string of the molecule is c1ccc(-n2c3ccccc3c3cc(-c4cccc(-n5c6ccccc6c6c7ccccc7n(-c7ccccc7)c65)c4)ccc32)cc1. The van der Waals surface area contributed by atoms with Crippen LogP contribution in [-0.2, 0) is 0 Å². The summed E-state index contributed by atoms with van der Waals surface area (Å²) in [5, 5.41) is 6.31. The number of para-hydroxylation sites is 5. The van der Waals surface area contributed by atoms with E-state index in [1.54, 1.807) is 0 Å². The van der Waals surface area contributed by atoms with E-state index in [9.17, 15) is 0 Å². The van der Waals surface area contributed by atoms with E-state index < -0.39 is 0 Å². The molecule has 0 aliphatic rings. The fourth-order valence-corrected chi connectivity index (χ4v) is 7.63. The molecule has 10 aromatic rings. The maximum atomic E-state index is 2.45. The monoisotopic (exact) mass is 599 g/mol. The van der Waals surface area contributed by atoms with E-state index in [4.69, 9.17) is 0 Å². The van der Waals surface area contributed by atoms with Crippen LogP contribution in [0.5, 0.6) is 0 Å². The van der Waals surface area contributed by atoms with Gasteiger partial charge in [-0.2, -0.15) is 0 Å². The minimum absolute atomic E-state index is 1.14. The fourth-order valence-electron chi connectivity index (χ4n) is 7.63. The van der Waals surface area contributed by atoms with Crippen LogP contribution in [0.15, 0.2) is 176 Å². The molecule has 0 saturated carbocycles. The molecular weight excluding hydrogens is 571 g/mol. The van der Waals surface area contributed by atoms with Gasteiger partial charge in [0.1, 0.15) is 5.65 Å². The first-order chi connectivity index (χ1) is 23.3. The lowest BCUT2D eigenvalue weighted by atomic mass is 10.0. The zero-order chi connectivity index (χ0) is 30.9. The zero-order valence-electron chi connectivity index (χ0n) is 25.6. The summed E-state index contributed by atoms with van der Waals surface area (Å²) in [6.45, 7) is 0. The van der Waals surface area contributed by atoms with Crippen molar-refractivity contribution in [1.82, 2.24) is 13.7 Å². The summed E-state index contributed by atoms with van der Waals surface area (Å²) >= 11 is 0. The Kier molecular flexibility index (Phi) is 5.57. The maximum absolute atomic E-state index is 2.45. The molecule has 3 nitrogen and oxygen atoms in total. The van der Waals surface area contributed by atoms with E-state index in [2.05, 4.69) is 190 Å². The molecule has 10 rings (SSSR count). The molecule has 0 amide bonds. The Morgan fingerprint density at radius 1 is 0.277 bits per heavy atom. The van der Waals surface area contributed by atoms with Crippen LogP contribution < -0.4 is 0 Å². The summed E-state index contributed by atoms with van der Waals surface area (Å²) in [7, 11) is 0. The summed E-state index contributed by atoms with van der Waals surface area (Å²) in [5.74, 6) is 0. The first-order valence-electron chi connectivity index (χ1n) is 16.1. The molecule has 0 unspecified atom stereocenters. The number of hydrogen-bond donors (Lipinski definition) is 0. The van der Waals surface area contributed by atoms with Gasteiger partial charge in [-0.15, -0.1) is 0 Å². The Bertz CT molecular complexity index is 2780. The Morgan fingerprint density at radius 2 is 0.745 bits per heavy atom. The second-order valence-corrected chi connectivity index (χ2v) is 12.2. The molecular formula is C44H29N3. The van der Waals surface area contributed by atoms with Gasteiger partial charge >= 0.3 is 0 Å². The Labute approximate surface area is 271 Å². The number of benzene rings is 7. The minimum atomic E-state index is 1.14. The van der Waals surface area contributed by atoms with Crippen molar-refractivity contribution < 1.29 is 0 Å². The Hall–Kier alpha value is -6.32. The third kappa shape index (κ3) is 3.81. The van der Waals surface area contributed by atoms with Crippen LogP contribution in [0.2, 0.25) is 0 Å². The molecule has 0 radical (unpaired) electrons. The molecule has 0 spiro atoms. The average Bonchev–Trinajstić information content (AvgIpc) is 3.78. The van der Waals surface area contributed by atoms with Crippen LogP contribution in [0.3, 0.4) is 0 Å². The van der Waals surface area contributed by atoms with E-state index >= 15 is 0 Å². The van der Waals surface area contributed by atoms with Crippen LogP contribution in [0.1, 0.15) is 0 Å². The second kappa shape index (κ2) is 10.1. The highest BCUT2D eigenvalue weighted by Crippen LogP contribution is 2.41. The molecule has 7 aromatic carbocycles. The molecule has 3 heterocycles. The molecule has 0 bridgehead atoms. The lowest BCUT2D eigenvalue weighted by Crippen LogP contribution is -2.01. The highest BCUT2D eigenvalue weighted by Gasteiger charge is 2.22. The summed E-state index contributed by atoms with van der Waals surface area (Å²) in [6.07, 6.45) is 0. The number of aromatic nitrogens is 3. The van der Waals surface area contributed by atoms with E-state index in [-0.39, 0.29) is 0 Å². The normalized spacial score (nSPS) is 11.8. The van der Waals surface area contributed by atoms with Crippen LogP contribution in [0.25, 0.3) is 82.8 Å². The predicted molar refractivity (Wildman–Crippen MR) is 197 cm³/mol. The molecule has 3 aromatic heterocycles. The van der Waals surface area contributed by atoms with Crippen molar-refractivity contribution in [3.63, 3.8) is 0 Å². The fraction of sp³-hybridized carbons (Fsp3) is 0. The summed E-state index contributed by atoms with van der Waals surface area (Å²) < 4.78 is 7.23. The van der Waals surface area contributed by atoms with Crippen molar-refractivity contribution in [1.29, 1.82) is 0 Å². The molecule has 0 aliphatic heterocycles. The summed E-state index contributed by atoms with van der Waals surface area (Å²) in [6, 6.07) is 63.6. The van der Waals surface area contributed by atoms with Crippen LogP contribution in [-0.4, -0.2) is 13.7 Å². The van der Waals surface area contributed by atoms with Crippen molar-refractivity contribution in [2.24, 2.45) is 0 Å². The van der Waals surface area contributed by atoms with E-state index in [0.717, 1.165) is 11.4 Å². The number of hydrogen-bond acceptors (Lipinski definition) is 0. The van der Waals surface area contributed by atoms with Crippen molar-refractivity contribution in [2.45, 2.75) is 0 Å². The van der Waals surface area contributed by atoms with Crippen molar-refractivity contribution >= 4 is 54.6 Å². The third-order valence-electron chi connectivity index (χ3n) is 9.61. The Balaban J connectivity index is 1.23. The Morgan fingerprint density at radius 3 is 1.40 bits per heavy atom. The van der Waals surface area contributed by atoms with Gasteiger partial charge in [-0.25, -0.2) is 0 Å². The van der Waals surface area contributed by atoms with E-state index in [0.29, 0.717) is 0 Å². The first kappa shape index (κ1) is 26.0. The maximum Gasteiger partial charge on any atom is 0.131 e. The molecule has 47 heavy (non-hydrogen) atoms. The minimum Gasteiger partial charge on any atom is -0.309 e.